The molecule has 402 valence electrons. The molecule has 2 unspecified atom stereocenters. The highest BCUT2D eigenvalue weighted by Crippen LogP contribution is 2.39. The van der Waals surface area contributed by atoms with Crippen LogP contribution in [0.4, 0.5) is 4.79 Å². The zero-order valence-electron chi connectivity index (χ0n) is 45.3. The Morgan fingerprint density at radius 2 is 1.36 bits per heavy atom. The zero-order valence-corrected chi connectivity index (χ0v) is 45.3. The summed E-state index contributed by atoms with van der Waals surface area (Å²) in [5.74, 6) is -3.24. The van der Waals surface area contributed by atoms with Crippen molar-refractivity contribution >= 4 is 41.6 Å². The number of unbranched alkanes of at least 4 members (excludes halogenated alkanes) is 2. The van der Waals surface area contributed by atoms with E-state index >= 15 is 0 Å². The molecule has 1 aliphatic heterocycles. The number of hydrogen-bond acceptors (Lipinski definition) is 11. The molecule has 6 amide bonds. The Hall–Kier alpha value is -7.43. The molecule has 1 aliphatic rings. The van der Waals surface area contributed by atoms with Crippen molar-refractivity contribution in [3.05, 3.63) is 107 Å². The standard InChI is InChI=1S/C46H53N5O9.C9H19NO2.C2H6/c1-7-8-9-29-10-13-31(14-11-29)32-15-17-33(18-16-32)44(55)47-25-28(2)43(54)49-27-41(53)51(3)42-34-19-21-39(59-5)36(24-34)35-22-30(12-20-38(35)58-4)23-37(46(57)60-6)50-40(52)26-48-45(42)56;1-5-6-7-10-8(11)12-9(2,3)4;1-2/h10-22,24,28,37,42H,7-9,23,25-27H2,1-6H3,(H,47,55)(H,48,56)(H,49,54)(H,50,52);5-7H2,1-4H3,(H,10,11);1-2H3/t28?,37-,42?;;/m0../s1. The molecule has 1 heterocycles. The Morgan fingerprint density at radius 1 is 0.770 bits per heavy atom. The van der Waals surface area contributed by atoms with Crippen molar-refractivity contribution in [3.63, 3.8) is 0 Å². The number of amides is 6. The first-order valence-electron chi connectivity index (χ1n) is 25.3. The first-order valence-corrected chi connectivity index (χ1v) is 25.3. The molecule has 0 aromatic heterocycles. The molecule has 5 N–H and O–H groups in total. The topological polar surface area (TPSA) is 220 Å². The smallest absolute Gasteiger partial charge is 0.407 e. The first kappa shape index (κ1) is 60.9. The lowest BCUT2D eigenvalue weighted by Crippen LogP contribution is -2.50. The lowest BCUT2D eigenvalue weighted by molar-refractivity contribution is -0.145. The largest absolute Gasteiger partial charge is 0.496 e. The highest BCUT2D eigenvalue weighted by Gasteiger charge is 2.32. The van der Waals surface area contributed by atoms with Crippen LogP contribution < -0.4 is 36.1 Å². The van der Waals surface area contributed by atoms with Gasteiger partial charge < -0.3 is 50.4 Å². The number of nitrogens with one attached hydrogen (secondary N) is 5. The molecule has 74 heavy (non-hydrogen) atoms. The van der Waals surface area contributed by atoms with Gasteiger partial charge in [0.1, 0.15) is 29.2 Å². The third-order valence-electron chi connectivity index (χ3n) is 11.7. The number of ether oxygens (including phenoxy) is 4. The highest BCUT2D eigenvalue weighted by atomic mass is 16.6. The second kappa shape index (κ2) is 30.6. The number of rotatable bonds is 17. The van der Waals surface area contributed by atoms with Crippen molar-refractivity contribution < 1.29 is 52.5 Å². The van der Waals surface area contributed by atoms with Crippen LogP contribution in [0.1, 0.15) is 114 Å². The van der Waals surface area contributed by atoms with Crippen molar-refractivity contribution in [1.29, 1.82) is 0 Å². The van der Waals surface area contributed by atoms with Crippen LogP contribution in [0.5, 0.6) is 11.5 Å². The number of alkyl carbamates (subject to hydrolysis) is 1. The van der Waals surface area contributed by atoms with Gasteiger partial charge in [0.2, 0.25) is 23.6 Å². The second-order valence-electron chi connectivity index (χ2n) is 18.5. The third-order valence-corrected chi connectivity index (χ3v) is 11.7. The Morgan fingerprint density at radius 3 is 1.95 bits per heavy atom. The van der Waals surface area contributed by atoms with E-state index in [1.807, 2.05) is 46.8 Å². The number of carbonyl (C=O) groups excluding carboxylic acids is 7. The quantitative estimate of drug-likeness (QED) is 0.0509. The van der Waals surface area contributed by atoms with E-state index in [-0.39, 0.29) is 25.0 Å². The summed E-state index contributed by atoms with van der Waals surface area (Å²) >= 11 is 0. The zero-order chi connectivity index (χ0) is 55.0. The second-order valence-corrected chi connectivity index (χ2v) is 18.5. The van der Waals surface area contributed by atoms with Gasteiger partial charge in [-0.25, -0.2) is 9.59 Å². The Bertz CT molecular complexity index is 2490. The van der Waals surface area contributed by atoms with Gasteiger partial charge in [-0.2, -0.15) is 0 Å². The average molecular weight is 1020 g/mol. The van der Waals surface area contributed by atoms with E-state index in [1.54, 1.807) is 55.5 Å². The Kier molecular flexibility index (Phi) is 25.1. The van der Waals surface area contributed by atoms with Crippen LogP contribution in [0.25, 0.3) is 22.3 Å². The average Bonchev–Trinajstić information content (AvgIpc) is 3.40. The predicted octanol–water partition coefficient (Wildman–Crippen LogP) is 7.73. The number of esters is 1. The molecule has 3 atom stereocenters. The lowest BCUT2D eigenvalue weighted by Gasteiger charge is -2.29. The molecule has 0 saturated carbocycles. The summed E-state index contributed by atoms with van der Waals surface area (Å²) in [5, 5.41) is 13.3. The molecule has 0 fully saturated rings. The molecule has 0 aliphatic carbocycles. The number of methoxy groups -OCH3 is 3. The molecule has 0 spiro atoms. The van der Waals surface area contributed by atoms with Crippen molar-refractivity contribution in [3.8, 4) is 33.8 Å². The predicted molar refractivity (Wildman–Crippen MR) is 287 cm³/mol. The Labute approximate surface area is 437 Å². The summed E-state index contributed by atoms with van der Waals surface area (Å²) in [6.45, 7) is 15.2. The van der Waals surface area contributed by atoms with Crippen molar-refractivity contribution in [2.45, 2.75) is 112 Å². The molecule has 0 radical (unpaired) electrons. The van der Waals surface area contributed by atoms with Crippen LogP contribution in [0.15, 0.2) is 84.9 Å². The van der Waals surface area contributed by atoms with E-state index in [1.165, 1.54) is 38.8 Å². The van der Waals surface area contributed by atoms with Gasteiger partial charge in [-0.3, -0.25) is 24.0 Å². The summed E-state index contributed by atoms with van der Waals surface area (Å²) in [6, 6.07) is 23.6. The van der Waals surface area contributed by atoms with Gasteiger partial charge in [-0.15, -0.1) is 0 Å². The summed E-state index contributed by atoms with van der Waals surface area (Å²) in [6.07, 6.45) is 5.17. The highest BCUT2D eigenvalue weighted by molar-refractivity contribution is 5.96. The van der Waals surface area contributed by atoms with Crippen molar-refractivity contribution in [2.24, 2.45) is 5.92 Å². The van der Waals surface area contributed by atoms with E-state index < -0.39 is 66.3 Å². The SMILES string of the molecule is CC.CCCCNC(=O)OC(C)(C)C.CCCCc1ccc(-c2ccc(C(=O)NCC(C)C(=O)NCC(=O)N(C)C3C(=O)NCC(=O)N[C@H](C(=O)OC)Cc4ccc(OC)c(c4)-c4cc3ccc4OC)cc2)cc1. The van der Waals surface area contributed by atoms with Crippen LogP contribution in [-0.2, 0) is 46.3 Å². The minimum atomic E-state index is -1.27. The normalized spacial score (nSPS) is 14.5. The monoisotopic (exact) mass is 1020 g/mol. The molecule has 0 saturated heterocycles. The van der Waals surface area contributed by atoms with Gasteiger partial charge in [0.15, 0.2) is 0 Å². The van der Waals surface area contributed by atoms with Gasteiger partial charge >= 0.3 is 12.1 Å². The van der Waals surface area contributed by atoms with Crippen LogP contribution in [-0.4, -0.2) is 113 Å². The van der Waals surface area contributed by atoms with Crippen molar-refractivity contribution in [1.82, 2.24) is 31.5 Å². The Balaban J connectivity index is 0.000000905. The van der Waals surface area contributed by atoms with Crippen LogP contribution >= 0.6 is 0 Å². The van der Waals surface area contributed by atoms with E-state index in [0.29, 0.717) is 45.9 Å². The summed E-state index contributed by atoms with van der Waals surface area (Å²) in [5.41, 5.74) is 5.55. The van der Waals surface area contributed by atoms with E-state index in [2.05, 4.69) is 64.7 Å². The number of carbonyl (C=O) groups is 7. The van der Waals surface area contributed by atoms with Crippen LogP contribution in [0.3, 0.4) is 0 Å². The van der Waals surface area contributed by atoms with Gasteiger partial charge in [0, 0.05) is 43.2 Å². The number of hydrogen-bond donors (Lipinski definition) is 5. The van der Waals surface area contributed by atoms with Crippen molar-refractivity contribution in [2.75, 3.05) is 54.6 Å². The number of benzene rings is 4. The maximum absolute atomic E-state index is 13.9. The number of nitrogens with zero attached hydrogens (tertiary/aromatic N) is 1. The van der Waals surface area contributed by atoms with Gasteiger partial charge in [-0.05, 0) is 104 Å². The maximum atomic E-state index is 13.9. The summed E-state index contributed by atoms with van der Waals surface area (Å²) in [4.78, 5) is 91.6. The molecule has 17 nitrogen and oxygen atoms in total. The van der Waals surface area contributed by atoms with Crippen LogP contribution in [0, 0.1) is 5.92 Å². The fourth-order valence-corrected chi connectivity index (χ4v) is 7.62. The molecular formula is C57H78N6O11. The number of likely N-dealkylation sites (N-methyl/N-ethyl adjacent to an activating group) is 1. The molecule has 4 bridgehead atoms. The molecule has 17 heteroatoms. The molecule has 5 rings (SSSR count). The fraction of sp³-hybridized carbons (Fsp3) is 0.456. The van der Waals surface area contributed by atoms with Gasteiger partial charge in [0.25, 0.3) is 5.91 Å². The summed E-state index contributed by atoms with van der Waals surface area (Å²) < 4.78 is 21.3. The fourth-order valence-electron chi connectivity index (χ4n) is 7.62. The lowest BCUT2D eigenvalue weighted by atomic mass is 9.94. The van der Waals surface area contributed by atoms with Gasteiger partial charge in [-0.1, -0.05) is 96.0 Å². The summed E-state index contributed by atoms with van der Waals surface area (Å²) in [7, 11) is 5.63. The first-order chi connectivity index (χ1) is 35.3. The number of fused-ring (bicyclic) bond motifs is 5. The minimum Gasteiger partial charge on any atom is -0.496 e. The minimum absolute atomic E-state index is 0.0128. The number of aryl methyl sites for hydroxylation is 1. The van der Waals surface area contributed by atoms with Gasteiger partial charge in [0.05, 0.1) is 40.3 Å². The molecule has 4 aromatic rings. The van der Waals surface area contributed by atoms with E-state index in [4.69, 9.17) is 18.9 Å². The molecule has 4 aromatic carbocycles. The van der Waals surface area contributed by atoms with E-state index in [0.717, 1.165) is 43.2 Å². The maximum Gasteiger partial charge on any atom is 0.407 e. The third kappa shape index (κ3) is 18.9. The van der Waals surface area contributed by atoms with E-state index in [9.17, 15) is 33.6 Å². The van der Waals surface area contributed by atoms with Crippen LogP contribution in [0.2, 0.25) is 0 Å². The molecular weight excluding hydrogens is 945 g/mol.